The van der Waals surface area contributed by atoms with Crippen molar-refractivity contribution in [2.75, 3.05) is 12.3 Å². The standard InChI is InChI=1S/C14H20ClNOS/c1-8-11(15)5-4-10-13(17)12-9(3-2-6-16-12)7-18-14(8)10/h8,10-11,14,16H,2-7H2,1H3. The third-order valence-corrected chi connectivity index (χ3v) is 6.86. The molecular weight excluding hydrogens is 266 g/mol. The van der Waals surface area contributed by atoms with Crippen molar-refractivity contribution in [3.05, 3.63) is 11.3 Å². The van der Waals surface area contributed by atoms with Crippen molar-refractivity contribution in [3.8, 4) is 0 Å². The zero-order valence-corrected chi connectivity index (χ0v) is 12.3. The van der Waals surface area contributed by atoms with Crippen LogP contribution in [0.25, 0.3) is 0 Å². The van der Waals surface area contributed by atoms with Gasteiger partial charge in [-0.3, -0.25) is 4.79 Å². The van der Waals surface area contributed by atoms with Gasteiger partial charge in [0.2, 0.25) is 0 Å². The lowest BCUT2D eigenvalue weighted by Gasteiger charge is -2.37. The molecule has 1 saturated carbocycles. The van der Waals surface area contributed by atoms with E-state index in [2.05, 4.69) is 12.2 Å². The van der Waals surface area contributed by atoms with E-state index in [0.29, 0.717) is 17.0 Å². The topological polar surface area (TPSA) is 29.1 Å². The highest BCUT2D eigenvalue weighted by molar-refractivity contribution is 8.00. The predicted octanol–water partition coefficient (Wildman–Crippen LogP) is 2.96. The van der Waals surface area contributed by atoms with Crippen LogP contribution in [-0.2, 0) is 4.79 Å². The summed E-state index contributed by atoms with van der Waals surface area (Å²) in [6.07, 6.45) is 4.21. The molecule has 0 amide bonds. The number of hydrogen-bond acceptors (Lipinski definition) is 3. The minimum Gasteiger partial charge on any atom is -0.382 e. The highest BCUT2D eigenvalue weighted by atomic mass is 35.5. The quantitative estimate of drug-likeness (QED) is 0.694. The summed E-state index contributed by atoms with van der Waals surface area (Å²) in [4.78, 5) is 12.7. The van der Waals surface area contributed by atoms with Crippen LogP contribution in [-0.4, -0.2) is 28.7 Å². The molecule has 1 aliphatic carbocycles. The average Bonchev–Trinajstić information content (AvgIpc) is 2.53. The Morgan fingerprint density at radius 2 is 2.22 bits per heavy atom. The lowest BCUT2D eigenvalue weighted by atomic mass is 9.78. The van der Waals surface area contributed by atoms with Gasteiger partial charge in [-0.05, 0) is 37.2 Å². The van der Waals surface area contributed by atoms with Gasteiger partial charge in [-0.1, -0.05) is 6.92 Å². The molecule has 18 heavy (non-hydrogen) atoms. The van der Waals surface area contributed by atoms with Crippen LogP contribution in [0.1, 0.15) is 32.6 Å². The fourth-order valence-electron chi connectivity index (χ4n) is 3.44. The fourth-order valence-corrected chi connectivity index (χ4v) is 5.48. The maximum absolute atomic E-state index is 12.7. The first-order valence-electron chi connectivity index (χ1n) is 6.94. The fraction of sp³-hybridized carbons (Fsp3) is 0.786. The van der Waals surface area contributed by atoms with E-state index in [9.17, 15) is 4.79 Å². The maximum Gasteiger partial charge on any atom is 0.182 e. The number of alkyl halides is 1. The minimum absolute atomic E-state index is 0.193. The molecule has 1 N–H and O–H groups in total. The van der Waals surface area contributed by atoms with Crippen molar-refractivity contribution in [1.29, 1.82) is 0 Å². The summed E-state index contributed by atoms with van der Waals surface area (Å²) in [6, 6.07) is 0. The van der Waals surface area contributed by atoms with Gasteiger partial charge in [-0.15, -0.1) is 11.6 Å². The number of hydrogen-bond donors (Lipinski definition) is 1. The Morgan fingerprint density at radius 1 is 1.39 bits per heavy atom. The average molecular weight is 286 g/mol. The van der Waals surface area contributed by atoms with Gasteiger partial charge in [0.05, 0.1) is 5.70 Å². The number of allylic oxidation sites excluding steroid dienone is 1. The number of nitrogens with one attached hydrogen (secondary N) is 1. The lowest BCUT2D eigenvalue weighted by Crippen LogP contribution is -2.41. The molecule has 3 rings (SSSR count). The first-order valence-corrected chi connectivity index (χ1v) is 8.43. The molecule has 0 radical (unpaired) electrons. The second kappa shape index (κ2) is 5.09. The molecule has 2 nitrogen and oxygen atoms in total. The van der Waals surface area contributed by atoms with Crippen LogP contribution in [0, 0.1) is 11.8 Å². The Bertz CT molecular complexity index is 395. The molecular formula is C14H20ClNOS. The number of Topliss-reactive ketones (excluding diaryl/α,β-unsaturated/α-hetero) is 1. The van der Waals surface area contributed by atoms with Crippen LogP contribution in [0.3, 0.4) is 0 Å². The highest BCUT2D eigenvalue weighted by Gasteiger charge is 2.43. The van der Waals surface area contributed by atoms with Gasteiger partial charge in [0.25, 0.3) is 0 Å². The first kappa shape index (κ1) is 12.9. The van der Waals surface area contributed by atoms with Gasteiger partial charge >= 0.3 is 0 Å². The van der Waals surface area contributed by atoms with Crippen molar-refractivity contribution in [1.82, 2.24) is 5.32 Å². The normalized spacial score (nSPS) is 40.7. The molecule has 100 valence electrons. The Kier molecular flexibility index (Phi) is 3.63. The molecule has 4 heteroatoms. The van der Waals surface area contributed by atoms with Gasteiger partial charge in [-0.25, -0.2) is 0 Å². The first-order chi connectivity index (χ1) is 8.68. The summed E-state index contributed by atoms with van der Waals surface area (Å²) in [6.45, 7) is 3.17. The largest absolute Gasteiger partial charge is 0.382 e. The summed E-state index contributed by atoms with van der Waals surface area (Å²) in [5, 5.41) is 4.02. The predicted molar refractivity (Wildman–Crippen MR) is 77.0 cm³/mol. The van der Waals surface area contributed by atoms with E-state index >= 15 is 0 Å². The molecule has 4 atom stereocenters. The molecule has 3 aliphatic rings. The van der Waals surface area contributed by atoms with Gasteiger partial charge < -0.3 is 5.32 Å². The van der Waals surface area contributed by atoms with Gasteiger partial charge in [0.15, 0.2) is 5.78 Å². The van der Waals surface area contributed by atoms with Crippen molar-refractivity contribution < 1.29 is 4.79 Å². The second-order valence-corrected chi connectivity index (χ2v) is 7.43. The zero-order chi connectivity index (χ0) is 12.7. The van der Waals surface area contributed by atoms with Crippen LogP contribution in [0.15, 0.2) is 11.3 Å². The number of rotatable bonds is 0. The van der Waals surface area contributed by atoms with Crippen LogP contribution in [0.5, 0.6) is 0 Å². The summed E-state index contributed by atoms with van der Waals surface area (Å²) in [5.41, 5.74) is 2.31. The van der Waals surface area contributed by atoms with Crippen LogP contribution >= 0.6 is 23.4 Å². The third-order valence-electron chi connectivity index (χ3n) is 4.58. The van der Waals surface area contributed by atoms with E-state index in [4.69, 9.17) is 11.6 Å². The molecule has 0 saturated heterocycles. The zero-order valence-electron chi connectivity index (χ0n) is 10.7. The van der Waals surface area contributed by atoms with Gasteiger partial charge in [0.1, 0.15) is 0 Å². The van der Waals surface area contributed by atoms with E-state index in [-0.39, 0.29) is 11.3 Å². The number of carbonyl (C=O) groups is 1. The van der Waals surface area contributed by atoms with E-state index in [1.54, 1.807) is 0 Å². The smallest absolute Gasteiger partial charge is 0.182 e. The van der Waals surface area contributed by atoms with E-state index in [1.165, 1.54) is 5.57 Å². The highest BCUT2D eigenvalue weighted by Crippen LogP contribution is 2.44. The van der Waals surface area contributed by atoms with Gasteiger partial charge in [0, 0.05) is 28.8 Å². The molecule has 4 unspecified atom stereocenters. The lowest BCUT2D eigenvalue weighted by molar-refractivity contribution is -0.120. The van der Waals surface area contributed by atoms with Crippen LogP contribution < -0.4 is 5.32 Å². The van der Waals surface area contributed by atoms with E-state index < -0.39 is 0 Å². The third kappa shape index (κ3) is 2.09. The summed E-state index contributed by atoms with van der Waals surface area (Å²) in [7, 11) is 0. The maximum atomic E-state index is 12.7. The molecule has 0 aromatic heterocycles. The SMILES string of the molecule is CC1C(Cl)CCC2C(=O)C3=C(CCCN3)CSC21. The van der Waals surface area contributed by atoms with Crippen LogP contribution in [0.4, 0.5) is 0 Å². The number of thioether (sulfide) groups is 1. The van der Waals surface area contributed by atoms with Crippen molar-refractivity contribution >= 4 is 29.1 Å². The summed E-state index contributed by atoms with van der Waals surface area (Å²) < 4.78 is 0. The van der Waals surface area contributed by atoms with Crippen molar-refractivity contribution in [3.63, 3.8) is 0 Å². The van der Waals surface area contributed by atoms with Gasteiger partial charge in [-0.2, -0.15) is 11.8 Å². The number of carbonyl (C=O) groups excluding carboxylic acids is 1. The molecule has 0 spiro atoms. The van der Waals surface area contributed by atoms with Crippen molar-refractivity contribution in [2.24, 2.45) is 11.8 Å². The Balaban J connectivity index is 1.89. The minimum atomic E-state index is 0.193. The van der Waals surface area contributed by atoms with E-state index in [0.717, 1.165) is 43.7 Å². The molecule has 2 heterocycles. The Morgan fingerprint density at radius 3 is 3.06 bits per heavy atom. The monoisotopic (exact) mass is 285 g/mol. The molecule has 0 aromatic rings. The molecule has 1 fully saturated rings. The van der Waals surface area contributed by atoms with Crippen LogP contribution in [0.2, 0.25) is 0 Å². The summed E-state index contributed by atoms with van der Waals surface area (Å²) in [5.74, 6) is 2.03. The number of ketones is 1. The van der Waals surface area contributed by atoms with E-state index in [1.807, 2.05) is 11.8 Å². The number of fused-ring (bicyclic) bond motifs is 1. The molecule has 0 aromatic carbocycles. The Hall–Kier alpha value is -0.150. The molecule has 2 aliphatic heterocycles. The second-order valence-electron chi connectivity index (χ2n) is 5.71. The Labute approximate surface area is 118 Å². The molecule has 0 bridgehead atoms. The number of halogens is 1. The van der Waals surface area contributed by atoms with Crippen molar-refractivity contribution in [2.45, 2.75) is 43.2 Å². The summed E-state index contributed by atoms with van der Waals surface area (Å²) >= 11 is 8.35.